The molecular weight excluding hydrogens is 640 g/mol. The van der Waals surface area contributed by atoms with Gasteiger partial charge in [0, 0.05) is 20.0 Å². The Hall–Kier alpha value is -1.46. The number of hydrogen-bond donors (Lipinski definition) is 6. The topological polar surface area (TPSA) is 197 Å². The molecule has 0 aromatic heterocycles. The summed E-state index contributed by atoms with van der Waals surface area (Å²) in [5, 5.41) is 56.2. The number of nitrogens with zero attached hydrogens (tertiary/aromatic N) is 1. The number of carbonyl (C=O) groups is 2. The summed E-state index contributed by atoms with van der Waals surface area (Å²) in [6.45, 7) is 7.79. The number of likely N-dealkylation sites (tertiary alicyclic amines) is 1. The minimum Gasteiger partial charge on any atom is -0.394 e. The average Bonchev–Trinajstić information content (AvgIpc) is 3.05. The largest absolute Gasteiger partial charge is 0.394 e. The van der Waals surface area contributed by atoms with Gasteiger partial charge < -0.3 is 59.4 Å². The second-order valence-electron chi connectivity index (χ2n) is 15.2. The molecule has 2 saturated carbocycles. The quantitative estimate of drug-likeness (QED) is 0.166. The summed E-state index contributed by atoms with van der Waals surface area (Å²) in [6, 6.07) is -1.04. The van der Waals surface area contributed by atoms with Gasteiger partial charge in [0.25, 0.3) is 5.91 Å². The summed E-state index contributed by atoms with van der Waals surface area (Å²) >= 11 is 0. The highest BCUT2D eigenvalue weighted by Gasteiger charge is 2.52. The van der Waals surface area contributed by atoms with Crippen molar-refractivity contribution < 1.29 is 58.8 Å². The van der Waals surface area contributed by atoms with Gasteiger partial charge in [-0.25, -0.2) is 0 Å². The van der Waals surface area contributed by atoms with Crippen molar-refractivity contribution in [2.24, 2.45) is 17.8 Å². The molecule has 5 aliphatic rings. The second kappa shape index (κ2) is 17.4. The van der Waals surface area contributed by atoms with E-state index in [1.54, 1.807) is 11.8 Å². The summed E-state index contributed by atoms with van der Waals surface area (Å²) in [5.74, 6) is -0.0792. The predicted octanol–water partition coefficient (Wildman–Crippen LogP) is 0.580. The molecule has 2 aliphatic carbocycles. The highest BCUT2D eigenvalue weighted by atomic mass is 16.7. The van der Waals surface area contributed by atoms with E-state index < -0.39 is 92.2 Å². The summed E-state index contributed by atoms with van der Waals surface area (Å²) in [7, 11) is 0. The standard InChI is InChI=1S/C35H60N2O12/c1-5-22-14-18(2)15-23(31(22)49-35-30(43)29(42)27(40)19(3)45-35)47-34-26(36-20(4)39)32(28(41)25(17-38)48-34)46-24(33(44)37-12-9-13-37)16-21-10-7-6-8-11-21/h18-19,21-32,34-35,38,40-43H,5-17H2,1-4H3,(H,36,39)/t18?,19?,22-,23-,24+,25?,26?,27-,28+,29?,30+,31-,32?,34-,35+/m1/s1. The highest BCUT2D eigenvalue weighted by Crippen LogP contribution is 2.39. The molecular formula is C35H60N2O12. The fourth-order valence-electron chi connectivity index (χ4n) is 8.37. The van der Waals surface area contributed by atoms with Crippen molar-refractivity contribution in [1.29, 1.82) is 0 Å². The molecule has 6 N–H and O–H groups in total. The van der Waals surface area contributed by atoms with Crippen molar-refractivity contribution >= 4 is 11.8 Å². The summed E-state index contributed by atoms with van der Waals surface area (Å²) in [5.41, 5.74) is 0. The molecule has 0 aromatic rings. The number of carbonyl (C=O) groups excluding carboxylic acids is 2. The van der Waals surface area contributed by atoms with Gasteiger partial charge in [0.1, 0.15) is 48.8 Å². The van der Waals surface area contributed by atoms with Crippen LogP contribution in [-0.4, -0.2) is 142 Å². The first-order valence-electron chi connectivity index (χ1n) is 18.6. The smallest absolute Gasteiger partial charge is 0.251 e. The lowest BCUT2D eigenvalue weighted by molar-refractivity contribution is -0.338. The zero-order valence-corrected chi connectivity index (χ0v) is 29.5. The third-order valence-electron chi connectivity index (χ3n) is 11.4. The monoisotopic (exact) mass is 700 g/mol. The van der Waals surface area contributed by atoms with Crippen LogP contribution in [-0.2, 0) is 33.3 Å². The maximum absolute atomic E-state index is 13.7. The van der Waals surface area contributed by atoms with Gasteiger partial charge >= 0.3 is 0 Å². The van der Waals surface area contributed by atoms with Crippen LogP contribution in [0.4, 0.5) is 0 Å². The maximum atomic E-state index is 13.7. The zero-order chi connectivity index (χ0) is 35.4. The van der Waals surface area contributed by atoms with Gasteiger partial charge in [-0.1, -0.05) is 52.4 Å². The lowest BCUT2D eigenvalue weighted by atomic mass is 9.77. The van der Waals surface area contributed by atoms with Crippen molar-refractivity contribution in [2.45, 2.75) is 172 Å². The molecule has 3 aliphatic heterocycles. The molecule has 3 heterocycles. The Balaban J connectivity index is 1.41. The molecule has 0 bridgehead atoms. The number of amides is 2. The summed E-state index contributed by atoms with van der Waals surface area (Å²) in [4.78, 5) is 28.1. The molecule has 14 nitrogen and oxygen atoms in total. The van der Waals surface area contributed by atoms with Crippen LogP contribution in [0, 0.1) is 17.8 Å². The normalized spacial score (nSPS) is 42.7. The molecule has 5 fully saturated rings. The number of rotatable bonds is 12. The van der Waals surface area contributed by atoms with E-state index in [0.717, 1.165) is 38.5 Å². The summed E-state index contributed by atoms with van der Waals surface area (Å²) in [6.07, 6.45) is -4.45. The SMILES string of the molecule is CC[C@@H]1CC(C)C[C@@H](O[C@@H]2OC(CO)[C@H](O)C(O[C@@H](CC3CCCCC3)C(=O)N3CCC3)C2NC(C)=O)[C@@H]1O[C@@H]1OC(C)[C@@H](O)C(O)[C@@H]1O. The average molecular weight is 701 g/mol. The van der Waals surface area contributed by atoms with Crippen molar-refractivity contribution in [3.63, 3.8) is 0 Å². The Kier molecular flexibility index (Phi) is 13.7. The van der Waals surface area contributed by atoms with Crippen LogP contribution in [0.3, 0.4) is 0 Å². The first-order valence-corrected chi connectivity index (χ1v) is 18.6. The predicted molar refractivity (Wildman–Crippen MR) is 175 cm³/mol. The van der Waals surface area contributed by atoms with Crippen LogP contribution in [0.2, 0.25) is 0 Å². The van der Waals surface area contributed by atoms with Gasteiger partial charge in [-0.3, -0.25) is 9.59 Å². The molecule has 3 saturated heterocycles. The molecule has 49 heavy (non-hydrogen) atoms. The van der Waals surface area contributed by atoms with E-state index in [0.29, 0.717) is 38.3 Å². The number of hydrogen-bond acceptors (Lipinski definition) is 12. The number of aliphatic hydroxyl groups is 5. The van der Waals surface area contributed by atoms with E-state index in [9.17, 15) is 35.1 Å². The van der Waals surface area contributed by atoms with Gasteiger partial charge in [-0.2, -0.15) is 0 Å². The fraction of sp³-hybridized carbons (Fsp3) is 0.943. The number of nitrogens with one attached hydrogen (secondary N) is 1. The Labute approximate surface area is 289 Å². The molecule has 0 aromatic carbocycles. The van der Waals surface area contributed by atoms with Crippen molar-refractivity contribution in [2.75, 3.05) is 19.7 Å². The maximum Gasteiger partial charge on any atom is 0.251 e. The van der Waals surface area contributed by atoms with Crippen molar-refractivity contribution in [3.05, 3.63) is 0 Å². The Morgan fingerprint density at radius 3 is 2.20 bits per heavy atom. The Bertz CT molecular complexity index is 1080. The molecule has 14 heteroatoms. The van der Waals surface area contributed by atoms with E-state index in [2.05, 4.69) is 12.2 Å². The van der Waals surface area contributed by atoms with Gasteiger partial charge in [0.2, 0.25) is 5.91 Å². The van der Waals surface area contributed by atoms with E-state index in [-0.39, 0.29) is 17.7 Å². The van der Waals surface area contributed by atoms with Crippen LogP contribution in [0.25, 0.3) is 0 Å². The van der Waals surface area contributed by atoms with Gasteiger partial charge in [0.05, 0.1) is 24.9 Å². The minimum absolute atomic E-state index is 0.0352. The highest BCUT2D eigenvalue weighted by molar-refractivity contribution is 5.81. The van der Waals surface area contributed by atoms with Gasteiger partial charge in [-0.05, 0) is 50.4 Å². The molecule has 15 atom stereocenters. The molecule has 282 valence electrons. The van der Waals surface area contributed by atoms with Crippen LogP contribution in [0.5, 0.6) is 0 Å². The number of ether oxygens (including phenoxy) is 5. The minimum atomic E-state index is -1.50. The third kappa shape index (κ3) is 9.13. The first kappa shape index (κ1) is 38.8. The summed E-state index contributed by atoms with van der Waals surface area (Å²) < 4.78 is 31.6. The second-order valence-corrected chi connectivity index (χ2v) is 15.2. The van der Waals surface area contributed by atoms with E-state index in [4.69, 9.17) is 23.7 Å². The zero-order valence-electron chi connectivity index (χ0n) is 29.5. The van der Waals surface area contributed by atoms with Crippen LogP contribution < -0.4 is 5.32 Å². The molecule has 5 rings (SSSR count). The van der Waals surface area contributed by atoms with Crippen LogP contribution >= 0.6 is 0 Å². The lowest BCUT2D eigenvalue weighted by Gasteiger charge is -2.49. The van der Waals surface area contributed by atoms with Crippen molar-refractivity contribution in [3.8, 4) is 0 Å². The van der Waals surface area contributed by atoms with Gasteiger partial charge in [0.15, 0.2) is 12.6 Å². The fourth-order valence-corrected chi connectivity index (χ4v) is 8.37. The molecule has 0 spiro atoms. The van der Waals surface area contributed by atoms with Crippen LogP contribution in [0.1, 0.15) is 91.9 Å². The van der Waals surface area contributed by atoms with E-state index >= 15 is 0 Å². The molecule has 6 unspecified atom stereocenters. The van der Waals surface area contributed by atoms with Crippen LogP contribution in [0.15, 0.2) is 0 Å². The molecule has 2 amide bonds. The Morgan fingerprint density at radius 1 is 0.878 bits per heavy atom. The van der Waals surface area contributed by atoms with Crippen molar-refractivity contribution in [1.82, 2.24) is 10.2 Å². The molecule has 0 radical (unpaired) electrons. The van der Waals surface area contributed by atoms with E-state index in [1.165, 1.54) is 13.3 Å². The third-order valence-corrected chi connectivity index (χ3v) is 11.4. The van der Waals surface area contributed by atoms with E-state index in [1.807, 2.05) is 6.92 Å². The lowest BCUT2D eigenvalue weighted by Crippen LogP contribution is -2.67. The van der Waals surface area contributed by atoms with Gasteiger partial charge in [-0.15, -0.1) is 0 Å². The first-order chi connectivity index (χ1) is 23.4. The Morgan fingerprint density at radius 2 is 1.59 bits per heavy atom. The number of aliphatic hydroxyl groups excluding tert-OH is 5.